The molecule has 2 N–H and O–H groups in total. The highest BCUT2D eigenvalue weighted by molar-refractivity contribution is 7.98. The summed E-state index contributed by atoms with van der Waals surface area (Å²) in [5.74, 6) is 0.997. The summed E-state index contributed by atoms with van der Waals surface area (Å²) in [6.07, 6.45) is 0. The van der Waals surface area contributed by atoms with Gasteiger partial charge < -0.3 is 5.73 Å². The summed E-state index contributed by atoms with van der Waals surface area (Å²) < 4.78 is 0. The van der Waals surface area contributed by atoms with Gasteiger partial charge in [-0.05, 0) is 47.0 Å². The second-order valence-electron chi connectivity index (χ2n) is 3.46. The lowest BCUT2D eigenvalue weighted by Gasteiger charge is -2.05. The standard InChI is InChI=1S/C12H13NS2/c1-9-2-3-12(11(13)6-9)15-8-10-4-5-14-7-10/h2-7H,8,13H2,1H3. The molecule has 0 fully saturated rings. The van der Waals surface area contributed by atoms with Crippen LogP contribution in [-0.2, 0) is 5.75 Å². The third-order valence-corrected chi connectivity index (χ3v) is 4.03. The fourth-order valence-corrected chi connectivity index (χ4v) is 3.00. The maximum Gasteiger partial charge on any atom is 0.0454 e. The van der Waals surface area contributed by atoms with E-state index in [4.69, 9.17) is 5.73 Å². The molecular formula is C12H13NS2. The first-order valence-corrected chi connectivity index (χ1v) is 6.68. The van der Waals surface area contributed by atoms with Crippen molar-refractivity contribution in [2.45, 2.75) is 17.6 Å². The lowest BCUT2D eigenvalue weighted by molar-refractivity contribution is 1.36. The largest absolute Gasteiger partial charge is 0.398 e. The molecule has 0 bridgehead atoms. The topological polar surface area (TPSA) is 26.0 Å². The van der Waals surface area contributed by atoms with Crippen LogP contribution in [0.15, 0.2) is 39.9 Å². The van der Waals surface area contributed by atoms with E-state index in [1.54, 1.807) is 23.1 Å². The van der Waals surface area contributed by atoms with Crippen molar-refractivity contribution in [1.29, 1.82) is 0 Å². The normalized spacial score (nSPS) is 10.5. The average molecular weight is 235 g/mol. The van der Waals surface area contributed by atoms with E-state index in [1.807, 2.05) is 6.07 Å². The Labute approximate surface area is 98.3 Å². The molecule has 1 heterocycles. The van der Waals surface area contributed by atoms with Crippen molar-refractivity contribution in [2.24, 2.45) is 0 Å². The van der Waals surface area contributed by atoms with Crippen molar-refractivity contribution >= 4 is 28.8 Å². The molecule has 0 saturated carbocycles. The SMILES string of the molecule is Cc1ccc(SCc2ccsc2)c(N)c1. The van der Waals surface area contributed by atoms with Crippen molar-refractivity contribution in [3.05, 3.63) is 46.2 Å². The Balaban J connectivity index is 2.05. The monoisotopic (exact) mass is 235 g/mol. The minimum absolute atomic E-state index is 0.884. The third kappa shape index (κ3) is 2.76. The van der Waals surface area contributed by atoms with Gasteiger partial charge >= 0.3 is 0 Å². The Morgan fingerprint density at radius 3 is 2.87 bits per heavy atom. The van der Waals surface area contributed by atoms with Crippen molar-refractivity contribution in [3.63, 3.8) is 0 Å². The zero-order chi connectivity index (χ0) is 10.7. The van der Waals surface area contributed by atoms with Gasteiger partial charge in [-0.15, -0.1) is 11.8 Å². The quantitative estimate of drug-likeness (QED) is 0.644. The van der Waals surface area contributed by atoms with E-state index in [0.29, 0.717) is 0 Å². The maximum atomic E-state index is 5.94. The molecule has 0 saturated heterocycles. The summed E-state index contributed by atoms with van der Waals surface area (Å²) in [4.78, 5) is 1.17. The molecule has 0 aliphatic heterocycles. The Morgan fingerprint density at radius 1 is 1.33 bits per heavy atom. The molecule has 3 heteroatoms. The average Bonchev–Trinajstić information content (AvgIpc) is 2.69. The fourth-order valence-electron chi connectivity index (χ4n) is 1.34. The number of thioether (sulfide) groups is 1. The predicted molar refractivity (Wildman–Crippen MR) is 69.5 cm³/mol. The second-order valence-corrected chi connectivity index (χ2v) is 5.26. The summed E-state index contributed by atoms with van der Waals surface area (Å²) in [5, 5.41) is 4.28. The van der Waals surface area contributed by atoms with E-state index in [1.165, 1.54) is 16.0 Å². The van der Waals surface area contributed by atoms with Crippen LogP contribution < -0.4 is 5.73 Å². The number of hydrogen-bond donors (Lipinski definition) is 1. The molecule has 0 unspecified atom stereocenters. The molecule has 2 rings (SSSR count). The molecule has 1 aromatic heterocycles. The molecule has 0 aliphatic rings. The molecule has 0 spiro atoms. The zero-order valence-corrected chi connectivity index (χ0v) is 10.2. The maximum absolute atomic E-state index is 5.94. The van der Waals surface area contributed by atoms with Crippen LogP contribution >= 0.6 is 23.1 Å². The van der Waals surface area contributed by atoms with Gasteiger partial charge in [-0.25, -0.2) is 0 Å². The smallest absolute Gasteiger partial charge is 0.0454 e. The third-order valence-electron chi connectivity index (χ3n) is 2.14. The molecule has 0 aliphatic carbocycles. The highest BCUT2D eigenvalue weighted by atomic mass is 32.2. The second kappa shape index (κ2) is 4.73. The van der Waals surface area contributed by atoms with Crippen LogP contribution in [0.2, 0.25) is 0 Å². The van der Waals surface area contributed by atoms with Gasteiger partial charge in [-0.3, -0.25) is 0 Å². The number of benzene rings is 1. The molecule has 1 nitrogen and oxygen atoms in total. The molecule has 0 radical (unpaired) electrons. The van der Waals surface area contributed by atoms with Crippen molar-refractivity contribution < 1.29 is 0 Å². The van der Waals surface area contributed by atoms with Crippen molar-refractivity contribution in [3.8, 4) is 0 Å². The summed E-state index contributed by atoms with van der Waals surface area (Å²) in [6.45, 7) is 2.06. The summed E-state index contributed by atoms with van der Waals surface area (Å²) in [6, 6.07) is 8.38. The van der Waals surface area contributed by atoms with Crippen LogP contribution in [0.3, 0.4) is 0 Å². The Kier molecular flexibility index (Phi) is 3.34. The van der Waals surface area contributed by atoms with Gasteiger partial charge in [0, 0.05) is 16.3 Å². The summed E-state index contributed by atoms with van der Waals surface area (Å²) >= 11 is 3.53. The summed E-state index contributed by atoms with van der Waals surface area (Å²) in [5.41, 5.74) is 9.41. The molecule has 2 aromatic rings. The van der Waals surface area contributed by atoms with E-state index in [-0.39, 0.29) is 0 Å². The number of nitrogen functional groups attached to an aromatic ring is 1. The molecule has 15 heavy (non-hydrogen) atoms. The van der Waals surface area contributed by atoms with E-state index < -0.39 is 0 Å². The number of nitrogens with two attached hydrogens (primary N) is 1. The first kappa shape index (κ1) is 10.6. The van der Waals surface area contributed by atoms with E-state index >= 15 is 0 Å². The van der Waals surface area contributed by atoms with Gasteiger partial charge in [0.2, 0.25) is 0 Å². The van der Waals surface area contributed by atoms with Crippen LogP contribution in [0.25, 0.3) is 0 Å². The minimum Gasteiger partial charge on any atom is -0.398 e. The van der Waals surface area contributed by atoms with Gasteiger partial charge in [0.05, 0.1) is 0 Å². The summed E-state index contributed by atoms with van der Waals surface area (Å²) in [7, 11) is 0. The predicted octanol–water partition coefficient (Wildman–Crippen LogP) is 3.93. The van der Waals surface area contributed by atoms with Crippen molar-refractivity contribution in [2.75, 3.05) is 5.73 Å². The lowest BCUT2D eigenvalue weighted by atomic mass is 10.2. The zero-order valence-electron chi connectivity index (χ0n) is 8.57. The van der Waals surface area contributed by atoms with Gasteiger partial charge in [0.25, 0.3) is 0 Å². The van der Waals surface area contributed by atoms with Crippen LogP contribution in [0.4, 0.5) is 5.69 Å². The van der Waals surface area contributed by atoms with Crippen LogP contribution in [-0.4, -0.2) is 0 Å². The highest BCUT2D eigenvalue weighted by Crippen LogP contribution is 2.29. The number of rotatable bonds is 3. The van der Waals surface area contributed by atoms with E-state index in [9.17, 15) is 0 Å². The van der Waals surface area contributed by atoms with Crippen LogP contribution in [0.1, 0.15) is 11.1 Å². The molecule has 78 valence electrons. The number of hydrogen-bond acceptors (Lipinski definition) is 3. The molecule has 0 atom stereocenters. The van der Waals surface area contributed by atoms with Gasteiger partial charge in [0.15, 0.2) is 0 Å². The van der Waals surface area contributed by atoms with Gasteiger partial charge in [-0.1, -0.05) is 6.07 Å². The van der Waals surface area contributed by atoms with E-state index in [2.05, 4.69) is 35.9 Å². The molecule has 1 aromatic carbocycles. The van der Waals surface area contributed by atoms with Crippen LogP contribution in [0, 0.1) is 6.92 Å². The van der Waals surface area contributed by atoms with Gasteiger partial charge in [-0.2, -0.15) is 11.3 Å². The number of aryl methyl sites for hydroxylation is 1. The lowest BCUT2D eigenvalue weighted by Crippen LogP contribution is -1.89. The Hall–Kier alpha value is -0.930. The fraction of sp³-hybridized carbons (Fsp3) is 0.167. The van der Waals surface area contributed by atoms with Gasteiger partial charge in [0.1, 0.15) is 0 Å². The Morgan fingerprint density at radius 2 is 2.20 bits per heavy atom. The van der Waals surface area contributed by atoms with Crippen molar-refractivity contribution in [1.82, 2.24) is 0 Å². The molecule has 0 amide bonds. The van der Waals surface area contributed by atoms with E-state index in [0.717, 1.165) is 11.4 Å². The highest BCUT2D eigenvalue weighted by Gasteiger charge is 2.01. The van der Waals surface area contributed by atoms with Crippen LogP contribution in [0.5, 0.6) is 0 Å². The number of anilines is 1. The Bertz CT molecular complexity index is 435. The first-order valence-electron chi connectivity index (χ1n) is 4.76. The number of thiophene rings is 1. The minimum atomic E-state index is 0.884. The molecular weight excluding hydrogens is 222 g/mol. The first-order chi connectivity index (χ1) is 7.25.